The normalized spacial score (nSPS) is 16.5. The van der Waals surface area contributed by atoms with Crippen LogP contribution in [0.15, 0.2) is 0 Å². The van der Waals surface area contributed by atoms with Crippen LogP contribution in [-0.4, -0.2) is 17.2 Å². The molecule has 0 amide bonds. The summed E-state index contributed by atoms with van der Waals surface area (Å²) in [6.45, 7) is 0. The summed E-state index contributed by atoms with van der Waals surface area (Å²) in [6.07, 6.45) is 0.657. The van der Waals surface area contributed by atoms with Gasteiger partial charge in [-0.2, -0.15) is 0 Å². The lowest BCUT2D eigenvalue weighted by Gasteiger charge is -2.48. The van der Waals surface area contributed by atoms with E-state index in [2.05, 4.69) is 0 Å². The standard InChI is InChI=1S/C28H19BF15P/c30-14-11(15(31)21(37)26(42)20(14)36)29(12-16(32)22(38)27(43)23(39)17(12)33,13-18(34)24(40)28(44)25(41)19(13)35)45(9-5-1-2-6-9)10-7-3-4-8-10/h9-10,45H,1-8H2. The van der Waals surface area contributed by atoms with E-state index in [1.54, 1.807) is 0 Å². The van der Waals surface area contributed by atoms with Crippen molar-refractivity contribution >= 4 is 30.1 Å². The maximum atomic E-state index is 16.0. The molecule has 0 bridgehead atoms. The first-order valence-electron chi connectivity index (χ1n) is 13.7. The SMILES string of the molecule is Fc1c(F)c(F)c([B-](c2c(F)c(F)c(F)c(F)c2F)(c2c(F)c(F)c(F)c(F)c2F)[PH+](C2CCCC2)C2CCCC2)c(F)c1F. The lowest BCUT2D eigenvalue weighted by Crippen LogP contribution is -2.73. The molecule has 3 aromatic rings. The van der Waals surface area contributed by atoms with Gasteiger partial charge in [-0.1, -0.05) is 16.4 Å². The predicted octanol–water partition coefficient (Wildman–Crippen LogP) is 7.84. The second-order valence-corrected chi connectivity index (χ2v) is 14.8. The van der Waals surface area contributed by atoms with Crippen LogP contribution >= 0.6 is 7.80 Å². The molecule has 0 radical (unpaired) electrons. The minimum atomic E-state index is -5.42. The summed E-state index contributed by atoms with van der Waals surface area (Å²) in [6, 6.07) is 0. The molecule has 0 unspecified atom stereocenters. The fraction of sp³-hybridized carbons (Fsp3) is 0.357. The first kappa shape index (κ1) is 33.5. The Morgan fingerprint density at radius 3 is 0.689 bits per heavy atom. The van der Waals surface area contributed by atoms with Crippen LogP contribution in [-0.2, 0) is 0 Å². The van der Waals surface area contributed by atoms with Crippen LogP contribution in [0.3, 0.4) is 0 Å². The van der Waals surface area contributed by atoms with E-state index < -0.39 is 129 Å². The molecule has 0 saturated heterocycles. The Balaban J connectivity index is 2.21. The summed E-state index contributed by atoms with van der Waals surface area (Å²) >= 11 is 0. The molecular formula is C28H19BF15P. The van der Waals surface area contributed by atoms with Gasteiger partial charge in [0.05, 0.1) is 0 Å². The molecule has 2 saturated carbocycles. The highest BCUT2D eigenvalue weighted by Crippen LogP contribution is 2.63. The van der Waals surface area contributed by atoms with Gasteiger partial charge in [-0.15, -0.1) is 7.80 Å². The Bertz CT molecular complexity index is 1430. The Morgan fingerprint density at radius 2 is 0.489 bits per heavy atom. The van der Waals surface area contributed by atoms with Crippen LogP contribution < -0.4 is 16.4 Å². The third-order valence-electron chi connectivity index (χ3n) is 9.18. The van der Waals surface area contributed by atoms with E-state index in [9.17, 15) is 39.5 Å². The van der Waals surface area contributed by atoms with Gasteiger partial charge in [0.15, 0.2) is 52.4 Å². The fourth-order valence-electron chi connectivity index (χ4n) is 7.50. The maximum absolute atomic E-state index is 16.0. The number of hydrogen-bond acceptors (Lipinski definition) is 0. The average molecular weight is 682 g/mol. The molecule has 0 aliphatic heterocycles. The molecule has 2 aliphatic rings. The van der Waals surface area contributed by atoms with Crippen LogP contribution in [0.2, 0.25) is 0 Å². The highest BCUT2D eigenvalue weighted by Gasteiger charge is 2.61. The molecule has 0 aromatic heterocycles. The van der Waals surface area contributed by atoms with Gasteiger partial charge in [-0.25, -0.2) is 65.9 Å². The minimum Gasteiger partial charge on any atom is -0.207 e. The highest BCUT2D eigenvalue weighted by molar-refractivity contribution is 8.02. The Hall–Kier alpha value is -2.90. The van der Waals surface area contributed by atoms with Crippen molar-refractivity contribution in [2.45, 2.75) is 62.7 Å². The Morgan fingerprint density at radius 1 is 0.311 bits per heavy atom. The van der Waals surface area contributed by atoms with E-state index in [0.29, 0.717) is 0 Å². The zero-order chi connectivity index (χ0) is 33.3. The second kappa shape index (κ2) is 12.0. The van der Waals surface area contributed by atoms with Crippen LogP contribution in [0.1, 0.15) is 51.4 Å². The zero-order valence-electron chi connectivity index (χ0n) is 22.6. The van der Waals surface area contributed by atoms with Gasteiger partial charge in [-0.05, 0) is 51.4 Å². The summed E-state index contributed by atoms with van der Waals surface area (Å²) in [4.78, 5) is 0. The molecular weight excluding hydrogens is 663 g/mol. The van der Waals surface area contributed by atoms with E-state index in [1.165, 1.54) is 0 Å². The van der Waals surface area contributed by atoms with Crippen molar-refractivity contribution in [2.24, 2.45) is 0 Å². The van der Waals surface area contributed by atoms with Crippen molar-refractivity contribution < 1.29 is 65.9 Å². The molecule has 0 spiro atoms. The van der Waals surface area contributed by atoms with Gasteiger partial charge in [-0.3, -0.25) is 0 Å². The third-order valence-corrected chi connectivity index (χ3v) is 14.1. The molecule has 2 fully saturated rings. The van der Waals surface area contributed by atoms with E-state index in [1.807, 2.05) is 0 Å². The largest absolute Gasteiger partial charge is 0.262 e. The summed E-state index contributed by atoms with van der Waals surface area (Å²) < 4.78 is 228. The summed E-state index contributed by atoms with van der Waals surface area (Å²) in [7, 11) is -3.77. The molecule has 17 heteroatoms. The van der Waals surface area contributed by atoms with Crippen molar-refractivity contribution in [3.8, 4) is 0 Å². The first-order valence-corrected chi connectivity index (χ1v) is 15.4. The van der Waals surface area contributed by atoms with Gasteiger partial charge in [0.1, 0.15) is 34.9 Å². The number of rotatable bonds is 6. The molecule has 0 nitrogen and oxygen atoms in total. The lowest BCUT2D eigenvalue weighted by molar-refractivity contribution is 0.380. The number of benzene rings is 3. The van der Waals surface area contributed by atoms with Crippen molar-refractivity contribution in [1.29, 1.82) is 0 Å². The fourth-order valence-corrected chi connectivity index (χ4v) is 13.5. The molecule has 5 rings (SSSR count). The summed E-state index contributed by atoms with van der Waals surface area (Å²) in [5.74, 6) is -49.0. The first-order chi connectivity index (χ1) is 21.1. The van der Waals surface area contributed by atoms with Crippen LogP contribution in [0.4, 0.5) is 65.9 Å². The van der Waals surface area contributed by atoms with Gasteiger partial charge in [0, 0.05) is 11.3 Å². The van der Waals surface area contributed by atoms with Crippen molar-refractivity contribution in [3.63, 3.8) is 0 Å². The average Bonchev–Trinajstić information content (AvgIpc) is 3.75. The molecule has 0 N–H and O–H groups in total. The predicted molar refractivity (Wildman–Crippen MR) is 136 cm³/mol. The number of halogens is 15. The van der Waals surface area contributed by atoms with Crippen LogP contribution in [0, 0.1) is 87.3 Å². The van der Waals surface area contributed by atoms with Gasteiger partial charge in [0.2, 0.25) is 0 Å². The molecule has 2 aliphatic carbocycles. The third kappa shape index (κ3) is 4.74. The van der Waals surface area contributed by atoms with E-state index in [4.69, 9.17) is 0 Å². The van der Waals surface area contributed by atoms with Crippen LogP contribution in [0.25, 0.3) is 0 Å². The highest BCUT2D eigenvalue weighted by atomic mass is 31.1. The van der Waals surface area contributed by atoms with Crippen molar-refractivity contribution in [2.75, 3.05) is 0 Å². The van der Waals surface area contributed by atoms with E-state index in [-0.39, 0.29) is 51.4 Å². The smallest absolute Gasteiger partial charge is 0.207 e. The maximum Gasteiger partial charge on any atom is 0.262 e. The summed E-state index contributed by atoms with van der Waals surface area (Å²) in [5, 5.41) is 0. The van der Waals surface area contributed by atoms with E-state index >= 15 is 26.3 Å². The van der Waals surface area contributed by atoms with Gasteiger partial charge in [0.25, 0.3) is 5.87 Å². The van der Waals surface area contributed by atoms with E-state index in [0.717, 1.165) is 0 Å². The van der Waals surface area contributed by atoms with Crippen molar-refractivity contribution in [1.82, 2.24) is 0 Å². The molecule has 45 heavy (non-hydrogen) atoms. The number of hydrogen-bond donors (Lipinski definition) is 0. The Labute approximate surface area is 246 Å². The monoisotopic (exact) mass is 682 g/mol. The Kier molecular flexibility index (Phi) is 8.95. The quantitative estimate of drug-likeness (QED) is 0.0818. The second-order valence-electron chi connectivity index (χ2n) is 11.3. The zero-order valence-corrected chi connectivity index (χ0v) is 23.6. The van der Waals surface area contributed by atoms with Crippen molar-refractivity contribution in [3.05, 3.63) is 87.3 Å². The molecule has 244 valence electrons. The van der Waals surface area contributed by atoms with Gasteiger partial charge < -0.3 is 0 Å². The minimum absolute atomic E-state index is 0.0749. The molecule has 0 atom stereocenters. The molecule has 0 heterocycles. The molecule has 3 aromatic carbocycles. The topological polar surface area (TPSA) is 0 Å². The lowest BCUT2D eigenvalue weighted by atomic mass is 9.33. The summed E-state index contributed by atoms with van der Waals surface area (Å²) in [5.41, 5.74) is -9.56. The van der Waals surface area contributed by atoms with Gasteiger partial charge >= 0.3 is 0 Å². The van der Waals surface area contributed by atoms with Crippen LogP contribution in [0.5, 0.6) is 0 Å².